The predicted molar refractivity (Wildman–Crippen MR) is 83.0 cm³/mol. The van der Waals surface area contributed by atoms with E-state index in [0.29, 0.717) is 6.54 Å². The summed E-state index contributed by atoms with van der Waals surface area (Å²) in [5.41, 5.74) is 6.07. The maximum Gasteiger partial charge on any atom is 0.240 e. The van der Waals surface area contributed by atoms with Crippen molar-refractivity contribution in [2.24, 2.45) is 5.73 Å². The van der Waals surface area contributed by atoms with Crippen molar-refractivity contribution in [1.82, 2.24) is 4.72 Å². The summed E-state index contributed by atoms with van der Waals surface area (Å²) in [6, 6.07) is 6.63. The highest BCUT2D eigenvalue weighted by atomic mass is 32.2. The van der Waals surface area contributed by atoms with Crippen molar-refractivity contribution < 1.29 is 8.42 Å². The molecule has 0 spiro atoms. The third kappa shape index (κ3) is 4.25. The number of nitrogens with one attached hydrogen (secondary N) is 1. The topological polar surface area (TPSA) is 72.2 Å². The Morgan fingerprint density at radius 3 is 2.50 bits per heavy atom. The van der Waals surface area contributed by atoms with E-state index in [4.69, 9.17) is 5.73 Å². The molecule has 0 amide bonds. The van der Waals surface area contributed by atoms with Gasteiger partial charge in [-0.2, -0.15) is 11.8 Å². The summed E-state index contributed by atoms with van der Waals surface area (Å²) in [4.78, 5) is 0.286. The predicted octanol–water partition coefficient (Wildman–Crippen LogP) is 1.17. The summed E-state index contributed by atoms with van der Waals surface area (Å²) >= 11 is 1.87. The Balaban J connectivity index is 2.08. The number of hydrogen-bond donors (Lipinski definition) is 2. The molecule has 2 rings (SSSR count). The van der Waals surface area contributed by atoms with Crippen LogP contribution in [0.1, 0.15) is 18.4 Å². The molecule has 0 atom stereocenters. The van der Waals surface area contributed by atoms with Crippen LogP contribution in [0.15, 0.2) is 29.2 Å². The van der Waals surface area contributed by atoms with Crippen molar-refractivity contribution in [1.29, 1.82) is 0 Å². The number of nitrogens with two attached hydrogens (primary N) is 1. The van der Waals surface area contributed by atoms with Crippen LogP contribution in [0.5, 0.6) is 0 Å². The van der Waals surface area contributed by atoms with Crippen molar-refractivity contribution >= 4 is 21.8 Å². The minimum atomic E-state index is -3.43. The Morgan fingerprint density at radius 2 is 1.90 bits per heavy atom. The Hall–Kier alpha value is -1.00. The van der Waals surface area contributed by atoms with E-state index in [2.05, 4.69) is 16.6 Å². The summed E-state index contributed by atoms with van der Waals surface area (Å²) in [5.74, 6) is 7.64. The van der Waals surface area contributed by atoms with E-state index >= 15 is 0 Å². The van der Waals surface area contributed by atoms with Gasteiger partial charge in [0, 0.05) is 11.6 Å². The first-order valence-corrected chi connectivity index (χ1v) is 9.15. The van der Waals surface area contributed by atoms with Gasteiger partial charge in [-0.1, -0.05) is 11.8 Å². The quantitative estimate of drug-likeness (QED) is 0.822. The minimum Gasteiger partial charge on any atom is -0.320 e. The van der Waals surface area contributed by atoms with Gasteiger partial charge in [0.15, 0.2) is 0 Å². The first-order valence-electron chi connectivity index (χ1n) is 6.51. The standard InChI is InChI=1S/C14H18N2O2S2/c15-9-1-2-12-3-5-14(6-4-12)20(17,18)16-13-7-10-19-11-8-13/h3-6,13,16H,7-11,15H2. The Bertz CT molecular complexity index is 594. The molecule has 1 aliphatic heterocycles. The maximum atomic E-state index is 12.3. The van der Waals surface area contributed by atoms with E-state index < -0.39 is 10.0 Å². The van der Waals surface area contributed by atoms with Crippen LogP contribution in [0.3, 0.4) is 0 Å². The molecule has 0 bridgehead atoms. The van der Waals surface area contributed by atoms with E-state index in [0.717, 1.165) is 29.9 Å². The Labute approximate surface area is 124 Å². The second-order valence-electron chi connectivity index (χ2n) is 4.54. The fraction of sp³-hybridized carbons (Fsp3) is 0.429. The fourth-order valence-corrected chi connectivity index (χ4v) is 4.38. The van der Waals surface area contributed by atoms with Crippen LogP contribution >= 0.6 is 11.8 Å². The summed E-state index contributed by atoms with van der Waals surface area (Å²) in [5, 5.41) is 0. The monoisotopic (exact) mass is 310 g/mol. The van der Waals surface area contributed by atoms with Gasteiger partial charge in [0.1, 0.15) is 0 Å². The van der Waals surface area contributed by atoms with Gasteiger partial charge < -0.3 is 5.73 Å². The zero-order chi connectivity index (χ0) is 14.4. The van der Waals surface area contributed by atoms with Gasteiger partial charge in [-0.15, -0.1) is 0 Å². The highest BCUT2D eigenvalue weighted by Crippen LogP contribution is 2.19. The average molecular weight is 310 g/mol. The second kappa shape index (κ2) is 7.14. The van der Waals surface area contributed by atoms with Gasteiger partial charge >= 0.3 is 0 Å². The number of hydrogen-bond acceptors (Lipinski definition) is 4. The third-order valence-electron chi connectivity index (χ3n) is 3.04. The molecule has 1 saturated heterocycles. The van der Waals surface area contributed by atoms with Crippen LogP contribution in [-0.2, 0) is 10.0 Å². The lowest BCUT2D eigenvalue weighted by atomic mass is 10.2. The smallest absolute Gasteiger partial charge is 0.240 e. The molecule has 4 nitrogen and oxygen atoms in total. The Morgan fingerprint density at radius 1 is 1.25 bits per heavy atom. The summed E-state index contributed by atoms with van der Waals surface area (Å²) in [6.07, 6.45) is 1.79. The second-order valence-corrected chi connectivity index (χ2v) is 7.48. The van der Waals surface area contributed by atoms with Crippen LogP contribution < -0.4 is 10.5 Å². The number of sulfonamides is 1. The number of thioether (sulfide) groups is 1. The SMILES string of the molecule is NCC#Cc1ccc(S(=O)(=O)NC2CCSCC2)cc1. The van der Waals surface area contributed by atoms with Gasteiger partial charge in [0.2, 0.25) is 10.0 Å². The van der Waals surface area contributed by atoms with E-state index in [1.165, 1.54) is 0 Å². The molecule has 3 N–H and O–H groups in total. The highest BCUT2D eigenvalue weighted by molar-refractivity contribution is 7.99. The van der Waals surface area contributed by atoms with Crippen LogP contribution in [0.25, 0.3) is 0 Å². The normalized spacial score (nSPS) is 16.4. The van der Waals surface area contributed by atoms with Gasteiger partial charge in [-0.3, -0.25) is 0 Å². The van der Waals surface area contributed by atoms with Crippen LogP contribution in [0.4, 0.5) is 0 Å². The molecular weight excluding hydrogens is 292 g/mol. The number of benzene rings is 1. The largest absolute Gasteiger partial charge is 0.320 e. The molecule has 0 aromatic heterocycles. The van der Waals surface area contributed by atoms with Gasteiger partial charge in [0.25, 0.3) is 0 Å². The van der Waals surface area contributed by atoms with Crippen molar-refractivity contribution in [2.75, 3.05) is 18.1 Å². The molecule has 0 saturated carbocycles. The molecule has 1 heterocycles. The van der Waals surface area contributed by atoms with Crippen LogP contribution in [0.2, 0.25) is 0 Å². The first kappa shape index (κ1) is 15.4. The molecule has 1 aliphatic rings. The maximum absolute atomic E-state index is 12.3. The van der Waals surface area contributed by atoms with Crippen molar-refractivity contribution in [2.45, 2.75) is 23.8 Å². The van der Waals surface area contributed by atoms with E-state index in [1.54, 1.807) is 24.3 Å². The zero-order valence-corrected chi connectivity index (χ0v) is 12.8. The lowest BCUT2D eigenvalue weighted by Gasteiger charge is -2.22. The third-order valence-corrected chi connectivity index (χ3v) is 5.63. The molecule has 6 heteroatoms. The van der Waals surface area contributed by atoms with Gasteiger partial charge in [-0.25, -0.2) is 13.1 Å². The summed E-state index contributed by atoms with van der Waals surface area (Å²) < 4.78 is 27.3. The van der Waals surface area contributed by atoms with Gasteiger partial charge in [0.05, 0.1) is 11.4 Å². The fourth-order valence-electron chi connectivity index (χ4n) is 1.97. The van der Waals surface area contributed by atoms with Gasteiger partial charge in [-0.05, 0) is 48.6 Å². The van der Waals surface area contributed by atoms with E-state index in [1.807, 2.05) is 11.8 Å². The average Bonchev–Trinajstić information content (AvgIpc) is 2.46. The molecule has 0 unspecified atom stereocenters. The molecular formula is C14H18N2O2S2. The summed E-state index contributed by atoms with van der Waals surface area (Å²) in [6.45, 7) is 0.293. The van der Waals surface area contributed by atoms with E-state index in [-0.39, 0.29) is 10.9 Å². The van der Waals surface area contributed by atoms with Crippen LogP contribution in [0, 0.1) is 11.8 Å². The zero-order valence-electron chi connectivity index (χ0n) is 11.1. The molecule has 0 radical (unpaired) electrons. The molecule has 20 heavy (non-hydrogen) atoms. The van der Waals surface area contributed by atoms with Crippen molar-refractivity contribution in [3.63, 3.8) is 0 Å². The van der Waals surface area contributed by atoms with Crippen molar-refractivity contribution in [3.8, 4) is 11.8 Å². The molecule has 0 aliphatic carbocycles. The van der Waals surface area contributed by atoms with Crippen molar-refractivity contribution in [3.05, 3.63) is 29.8 Å². The Kier molecular flexibility index (Phi) is 5.49. The summed E-state index contributed by atoms with van der Waals surface area (Å²) in [7, 11) is -3.43. The lowest BCUT2D eigenvalue weighted by Crippen LogP contribution is -2.37. The molecule has 1 aromatic rings. The van der Waals surface area contributed by atoms with Crippen LogP contribution in [-0.4, -0.2) is 32.5 Å². The first-order chi connectivity index (χ1) is 9.62. The molecule has 1 aromatic carbocycles. The molecule has 108 valence electrons. The highest BCUT2D eigenvalue weighted by Gasteiger charge is 2.21. The molecule has 1 fully saturated rings. The van der Waals surface area contributed by atoms with E-state index in [9.17, 15) is 8.42 Å². The lowest BCUT2D eigenvalue weighted by molar-refractivity contribution is 0.529. The minimum absolute atomic E-state index is 0.0537. The number of rotatable bonds is 3.